The van der Waals surface area contributed by atoms with Crippen LogP contribution in [0, 0.1) is 9.49 Å². The van der Waals surface area contributed by atoms with Gasteiger partial charge in [-0.2, -0.15) is 0 Å². The van der Waals surface area contributed by atoms with Crippen LogP contribution in [0.4, 0.5) is 0 Å². The quantitative estimate of drug-likeness (QED) is 0.217. The average molecular weight is 540 g/mol. The number of carbonyl (C=O) groups is 2. The maximum absolute atomic E-state index is 12.3. The van der Waals surface area contributed by atoms with E-state index in [1.165, 1.54) is 0 Å². The zero-order chi connectivity index (χ0) is 21.8. The van der Waals surface area contributed by atoms with E-state index in [0.717, 1.165) is 3.57 Å². The third-order valence-corrected chi connectivity index (χ3v) is 5.03. The van der Waals surface area contributed by atoms with Gasteiger partial charge in [0.05, 0.1) is 23.1 Å². The lowest BCUT2D eigenvalue weighted by atomic mass is 10.1. The van der Waals surface area contributed by atoms with Crippen molar-refractivity contribution in [1.82, 2.24) is 0 Å². The second-order valence-corrected chi connectivity index (χ2v) is 8.33. The van der Waals surface area contributed by atoms with Crippen molar-refractivity contribution >= 4 is 58.1 Å². The molecule has 30 heavy (non-hydrogen) atoms. The first kappa shape index (κ1) is 22.3. The number of hydrogen-bond donors (Lipinski definition) is 0. The Bertz CT molecular complexity index is 1060. The van der Waals surface area contributed by atoms with Crippen molar-refractivity contribution in [3.8, 4) is 11.5 Å². The molecule has 0 bridgehead atoms. The number of ether oxygens (including phenoxy) is 3. The standard InChI is InChI=1S/C22H19ClINO5/c1-4-28-19-10-13(5-8-18(19)29-21(26)12(2)3)9-17-22(27)30-20(25-17)15-11-14(24)6-7-16(15)23/h5-12H,4H2,1-3H3/b17-9-. The van der Waals surface area contributed by atoms with Crippen LogP contribution in [0.25, 0.3) is 6.08 Å². The summed E-state index contributed by atoms with van der Waals surface area (Å²) in [4.78, 5) is 28.5. The minimum absolute atomic E-state index is 0.134. The monoisotopic (exact) mass is 539 g/mol. The molecule has 8 heteroatoms. The van der Waals surface area contributed by atoms with Crippen LogP contribution in [0.5, 0.6) is 11.5 Å². The normalized spacial score (nSPS) is 14.7. The Morgan fingerprint density at radius 3 is 2.70 bits per heavy atom. The fraction of sp³-hybridized carbons (Fsp3) is 0.227. The maximum Gasteiger partial charge on any atom is 0.363 e. The summed E-state index contributed by atoms with van der Waals surface area (Å²) >= 11 is 8.36. The van der Waals surface area contributed by atoms with Crippen molar-refractivity contribution in [1.29, 1.82) is 0 Å². The van der Waals surface area contributed by atoms with Crippen LogP contribution in [0.3, 0.4) is 0 Å². The van der Waals surface area contributed by atoms with E-state index >= 15 is 0 Å². The Labute approximate surface area is 193 Å². The van der Waals surface area contributed by atoms with E-state index in [1.54, 1.807) is 50.3 Å². The van der Waals surface area contributed by atoms with E-state index in [0.29, 0.717) is 34.3 Å². The van der Waals surface area contributed by atoms with E-state index < -0.39 is 5.97 Å². The minimum Gasteiger partial charge on any atom is -0.490 e. The highest BCUT2D eigenvalue weighted by atomic mass is 127. The van der Waals surface area contributed by atoms with Gasteiger partial charge in [0.1, 0.15) is 0 Å². The zero-order valence-corrected chi connectivity index (χ0v) is 19.5. The molecule has 156 valence electrons. The lowest BCUT2D eigenvalue weighted by Crippen LogP contribution is -2.15. The SMILES string of the molecule is CCOc1cc(/C=C2\N=C(c3cc(I)ccc3Cl)OC2=O)ccc1OC(=O)C(C)C. The van der Waals surface area contributed by atoms with Crippen molar-refractivity contribution in [2.45, 2.75) is 20.8 Å². The van der Waals surface area contributed by atoms with Gasteiger partial charge in [0.25, 0.3) is 0 Å². The number of nitrogens with zero attached hydrogens (tertiary/aromatic N) is 1. The molecule has 0 saturated carbocycles. The average Bonchev–Trinajstić information content (AvgIpc) is 3.06. The summed E-state index contributed by atoms with van der Waals surface area (Å²) in [6, 6.07) is 10.4. The molecule has 0 unspecified atom stereocenters. The third-order valence-electron chi connectivity index (χ3n) is 4.03. The molecule has 0 aromatic heterocycles. The van der Waals surface area contributed by atoms with Crippen LogP contribution >= 0.6 is 34.2 Å². The Balaban J connectivity index is 1.92. The van der Waals surface area contributed by atoms with Gasteiger partial charge in [-0.15, -0.1) is 0 Å². The van der Waals surface area contributed by atoms with Crippen LogP contribution < -0.4 is 9.47 Å². The number of benzene rings is 2. The van der Waals surface area contributed by atoms with Gasteiger partial charge < -0.3 is 14.2 Å². The van der Waals surface area contributed by atoms with E-state index in [1.807, 2.05) is 13.0 Å². The summed E-state index contributed by atoms with van der Waals surface area (Å²) in [6.07, 6.45) is 1.58. The van der Waals surface area contributed by atoms with Crippen molar-refractivity contribution in [2.24, 2.45) is 10.9 Å². The highest BCUT2D eigenvalue weighted by Crippen LogP contribution is 2.31. The smallest absolute Gasteiger partial charge is 0.363 e. The fourth-order valence-corrected chi connectivity index (χ4v) is 3.23. The van der Waals surface area contributed by atoms with Gasteiger partial charge in [-0.05, 0) is 71.5 Å². The Morgan fingerprint density at radius 1 is 1.23 bits per heavy atom. The van der Waals surface area contributed by atoms with E-state index in [-0.39, 0.29) is 23.5 Å². The molecule has 1 aliphatic heterocycles. The van der Waals surface area contributed by atoms with Crippen LogP contribution in [-0.4, -0.2) is 24.4 Å². The first-order valence-corrected chi connectivity index (χ1v) is 10.7. The van der Waals surface area contributed by atoms with Crippen LogP contribution in [-0.2, 0) is 14.3 Å². The molecular weight excluding hydrogens is 521 g/mol. The molecule has 2 aromatic rings. The molecule has 0 saturated heterocycles. The van der Waals surface area contributed by atoms with E-state index in [9.17, 15) is 9.59 Å². The van der Waals surface area contributed by atoms with Crippen molar-refractivity contribution in [2.75, 3.05) is 6.61 Å². The first-order valence-electron chi connectivity index (χ1n) is 9.25. The Kier molecular flexibility index (Phi) is 7.14. The predicted octanol–water partition coefficient (Wildman–Crippen LogP) is 5.25. The van der Waals surface area contributed by atoms with Gasteiger partial charge in [0, 0.05) is 3.57 Å². The fourth-order valence-electron chi connectivity index (χ4n) is 2.54. The summed E-state index contributed by atoms with van der Waals surface area (Å²) in [5.41, 5.74) is 1.33. The highest BCUT2D eigenvalue weighted by Gasteiger charge is 2.26. The molecule has 3 rings (SSSR count). The largest absolute Gasteiger partial charge is 0.490 e. The van der Waals surface area contributed by atoms with E-state index in [4.69, 9.17) is 25.8 Å². The number of carbonyl (C=O) groups excluding carboxylic acids is 2. The van der Waals surface area contributed by atoms with E-state index in [2.05, 4.69) is 27.6 Å². The molecular formula is C22H19ClINO5. The van der Waals surface area contributed by atoms with Gasteiger partial charge in [-0.3, -0.25) is 4.79 Å². The molecule has 0 amide bonds. The molecule has 0 radical (unpaired) electrons. The first-order chi connectivity index (χ1) is 14.3. The molecule has 0 aliphatic carbocycles. The number of cyclic esters (lactones) is 1. The lowest BCUT2D eigenvalue weighted by molar-refractivity contribution is -0.138. The van der Waals surface area contributed by atoms with Gasteiger partial charge in [-0.1, -0.05) is 31.5 Å². The highest BCUT2D eigenvalue weighted by molar-refractivity contribution is 14.1. The van der Waals surface area contributed by atoms with Gasteiger partial charge in [0.2, 0.25) is 5.90 Å². The molecule has 0 atom stereocenters. The molecule has 0 fully saturated rings. The van der Waals surface area contributed by atoms with Crippen LogP contribution in [0.15, 0.2) is 47.1 Å². The second kappa shape index (κ2) is 9.61. The van der Waals surface area contributed by atoms with Gasteiger partial charge >= 0.3 is 11.9 Å². The summed E-state index contributed by atoms with van der Waals surface area (Å²) in [5.74, 6) is -0.325. The van der Waals surface area contributed by atoms with Crippen LogP contribution in [0.1, 0.15) is 31.9 Å². The molecule has 1 heterocycles. The van der Waals surface area contributed by atoms with Crippen molar-refractivity contribution < 1.29 is 23.8 Å². The lowest BCUT2D eigenvalue weighted by Gasteiger charge is -2.12. The number of aliphatic imine (C=N–C) groups is 1. The van der Waals surface area contributed by atoms with Gasteiger partial charge in [0.15, 0.2) is 17.2 Å². The molecule has 1 aliphatic rings. The Hall–Kier alpha value is -2.39. The topological polar surface area (TPSA) is 74.2 Å². The molecule has 0 N–H and O–H groups in total. The zero-order valence-electron chi connectivity index (χ0n) is 16.6. The van der Waals surface area contributed by atoms with Crippen LogP contribution in [0.2, 0.25) is 5.02 Å². The molecule has 0 spiro atoms. The number of halogens is 2. The summed E-state index contributed by atoms with van der Waals surface area (Å²) < 4.78 is 17.2. The number of rotatable bonds is 6. The maximum atomic E-state index is 12.3. The molecule has 6 nitrogen and oxygen atoms in total. The minimum atomic E-state index is -0.576. The predicted molar refractivity (Wildman–Crippen MR) is 123 cm³/mol. The molecule has 2 aromatic carbocycles. The number of esters is 2. The second-order valence-electron chi connectivity index (χ2n) is 6.68. The Morgan fingerprint density at radius 2 is 2.00 bits per heavy atom. The van der Waals surface area contributed by atoms with Crippen molar-refractivity contribution in [3.63, 3.8) is 0 Å². The van der Waals surface area contributed by atoms with Gasteiger partial charge in [-0.25, -0.2) is 9.79 Å². The summed E-state index contributed by atoms with van der Waals surface area (Å²) in [5, 5.41) is 0.443. The summed E-state index contributed by atoms with van der Waals surface area (Å²) in [6.45, 7) is 5.72. The number of hydrogen-bond acceptors (Lipinski definition) is 6. The van der Waals surface area contributed by atoms with Crippen molar-refractivity contribution in [3.05, 3.63) is 61.8 Å². The summed E-state index contributed by atoms with van der Waals surface area (Å²) in [7, 11) is 0. The third kappa shape index (κ3) is 5.20.